The van der Waals surface area contributed by atoms with Crippen LogP contribution in [0.25, 0.3) is 0 Å². The molecule has 0 radical (unpaired) electrons. The highest BCUT2D eigenvalue weighted by molar-refractivity contribution is 9.10. The van der Waals surface area contributed by atoms with E-state index in [4.69, 9.17) is 0 Å². The van der Waals surface area contributed by atoms with Crippen molar-refractivity contribution in [1.29, 1.82) is 0 Å². The third kappa shape index (κ3) is 4.64. The van der Waals surface area contributed by atoms with Crippen LogP contribution in [0.3, 0.4) is 0 Å². The quantitative estimate of drug-likeness (QED) is 0.772. The molecule has 112 valence electrons. The largest absolute Gasteiger partial charge is 0.241 e. The first-order valence-corrected chi connectivity index (χ1v) is 9.47. The third-order valence-corrected chi connectivity index (χ3v) is 6.07. The zero-order valence-corrected chi connectivity index (χ0v) is 15.4. The summed E-state index contributed by atoms with van der Waals surface area (Å²) in [4.78, 5) is 0.257. The molecule has 2 aromatic carbocycles. The van der Waals surface area contributed by atoms with E-state index in [1.54, 1.807) is 24.3 Å². The summed E-state index contributed by atoms with van der Waals surface area (Å²) < 4.78 is 29.0. The lowest BCUT2D eigenvalue weighted by Gasteiger charge is -2.15. The van der Waals surface area contributed by atoms with Crippen LogP contribution in [-0.4, -0.2) is 14.5 Å². The summed E-state index contributed by atoms with van der Waals surface area (Å²) in [5, 5.41) is 0. The van der Waals surface area contributed by atoms with Crippen molar-refractivity contribution in [1.82, 2.24) is 4.72 Å². The number of hydrogen-bond donors (Lipinski definition) is 1. The summed E-state index contributed by atoms with van der Waals surface area (Å²) in [6.07, 6.45) is 0.636. The van der Waals surface area contributed by atoms with Gasteiger partial charge in [-0.3, -0.25) is 0 Å². The zero-order valence-electron chi connectivity index (χ0n) is 11.4. The molecule has 0 amide bonds. The second kappa shape index (κ2) is 7.05. The van der Waals surface area contributed by atoms with E-state index in [9.17, 15) is 8.42 Å². The molecule has 0 heterocycles. The van der Waals surface area contributed by atoms with Crippen LogP contribution in [-0.2, 0) is 16.4 Å². The van der Waals surface area contributed by atoms with Crippen LogP contribution in [0.2, 0.25) is 0 Å². The predicted molar refractivity (Wildman–Crippen MR) is 91.8 cm³/mol. The molecule has 0 saturated carbocycles. The summed E-state index contributed by atoms with van der Waals surface area (Å²) in [6.45, 7) is 1.86. The summed E-state index contributed by atoms with van der Waals surface area (Å²) in [5.74, 6) is 0. The zero-order chi connectivity index (χ0) is 15.5. The second-order valence-corrected chi connectivity index (χ2v) is 8.24. The molecule has 3 nitrogen and oxygen atoms in total. The van der Waals surface area contributed by atoms with Crippen LogP contribution in [0.1, 0.15) is 12.5 Å². The lowest BCUT2D eigenvalue weighted by atomic mass is 10.1. The molecule has 1 N–H and O–H groups in total. The standard InChI is InChI=1S/C15H15Br2NO2S/c1-11(10-12-6-8-13(16)9-7-12)18-21(19,20)15-5-3-2-4-14(15)17/h2-9,11,18H,10H2,1H3. The van der Waals surface area contributed by atoms with Gasteiger partial charge in [-0.15, -0.1) is 0 Å². The average Bonchev–Trinajstić information content (AvgIpc) is 2.41. The Balaban J connectivity index is 2.10. The molecule has 0 fully saturated rings. The third-order valence-electron chi connectivity index (χ3n) is 2.94. The van der Waals surface area contributed by atoms with Crippen molar-refractivity contribution < 1.29 is 8.42 Å². The molecule has 0 saturated heterocycles. The Bertz CT molecular complexity index is 715. The van der Waals surface area contributed by atoms with Crippen LogP contribution in [0.5, 0.6) is 0 Å². The Labute approximate surface area is 142 Å². The van der Waals surface area contributed by atoms with Gasteiger partial charge >= 0.3 is 0 Å². The summed E-state index contributed by atoms with van der Waals surface area (Å²) in [7, 11) is -3.52. The Hall–Kier alpha value is -0.690. The van der Waals surface area contributed by atoms with Crippen molar-refractivity contribution in [3.63, 3.8) is 0 Å². The maximum absolute atomic E-state index is 12.4. The summed E-state index contributed by atoms with van der Waals surface area (Å²) >= 11 is 6.65. The van der Waals surface area contributed by atoms with Gasteiger partial charge in [0.25, 0.3) is 0 Å². The minimum absolute atomic E-state index is 0.191. The van der Waals surface area contributed by atoms with Gasteiger partial charge in [0.2, 0.25) is 10.0 Å². The summed E-state index contributed by atoms with van der Waals surface area (Å²) in [6, 6.07) is 14.5. The van der Waals surface area contributed by atoms with E-state index < -0.39 is 10.0 Å². The number of benzene rings is 2. The van der Waals surface area contributed by atoms with Gasteiger partial charge in [0.15, 0.2) is 0 Å². The van der Waals surface area contributed by atoms with Crippen molar-refractivity contribution >= 4 is 41.9 Å². The maximum Gasteiger partial charge on any atom is 0.241 e. The first-order chi connectivity index (χ1) is 9.88. The fourth-order valence-corrected chi connectivity index (χ4v) is 4.52. The van der Waals surface area contributed by atoms with Gasteiger partial charge in [-0.2, -0.15) is 0 Å². The van der Waals surface area contributed by atoms with Crippen LogP contribution in [0, 0.1) is 0 Å². The van der Waals surface area contributed by atoms with E-state index in [0.717, 1.165) is 10.0 Å². The molecule has 0 spiro atoms. The minimum Gasteiger partial charge on any atom is -0.208 e. The SMILES string of the molecule is CC(Cc1ccc(Br)cc1)NS(=O)(=O)c1ccccc1Br. The van der Waals surface area contributed by atoms with E-state index in [1.165, 1.54) is 0 Å². The molecule has 0 aliphatic rings. The van der Waals surface area contributed by atoms with Gasteiger partial charge in [-0.05, 0) is 59.1 Å². The van der Waals surface area contributed by atoms with Crippen molar-refractivity contribution in [2.24, 2.45) is 0 Å². The van der Waals surface area contributed by atoms with Gasteiger partial charge in [0.05, 0.1) is 4.90 Å². The predicted octanol–water partition coefficient (Wildman–Crippen LogP) is 4.12. The van der Waals surface area contributed by atoms with E-state index >= 15 is 0 Å². The van der Waals surface area contributed by atoms with Crippen LogP contribution in [0.4, 0.5) is 0 Å². The van der Waals surface area contributed by atoms with Crippen LogP contribution >= 0.6 is 31.9 Å². The highest BCUT2D eigenvalue weighted by Crippen LogP contribution is 2.21. The maximum atomic E-state index is 12.4. The lowest BCUT2D eigenvalue weighted by molar-refractivity contribution is 0.559. The van der Waals surface area contributed by atoms with Crippen molar-refractivity contribution in [2.75, 3.05) is 0 Å². The Morgan fingerprint density at radius 1 is 1.05 bits per heavy atom. The topological polar surface area (TPSA) is 46.2 Å². The molecule has 21 heavy (non-hydrogen) atoms. The van der Waals surface area contributed by atoms with Crippen LogP contribution < -0.4 is 4.72 Å². The van der Waals surface area contributed by atoms with E-state index in [1.807, 2.05) is 31.2 Å². The molecular formula is C15H15Br2NO2S. The first kappa shape index (κ1) is 16.7. The molecule has 2 rings (SSSR count). The molecule has 2 aromatic rings. The second-order valence-electron chi connectivity index (χ2n) is 4.78. The minimum atomic E-state index is -3.52. The van der Waals surface area contributed by atoms with Gasteiger partial charge in [0, 0.05) is 15.0 Å². The molecule has 0 aliphatic carbocycles. The number of halogens is 2. The fraction of sp³-hybridized carbons (Fsp3) is 0.200. The molecule has 6 heteroatoms. The Morgan fingerprint density at radius 3 is 2.29 bits per heavy atom. The fourth-order valence-electron chi connectivity index (χ4n) is 2.01. The van der Waals surface area contributed by atoms with E-state index in [0.29, 0.717) is 10.9 Å². The monoisotopic (exact) mass is 431 g/mol. The molecule has 1 atom stereocenters. The number of nitrogens with one attached hydrogen (secondary N) is 1. The normalized spacial score (nSPS) is 13.1. The van der Waals surface area contributed by atoms with E-state index in [2.05, 4.69) is 36.6 Å². The smallest absolute Gasteiger partial charge is 0.208 e. The summed E-state index contributed by atoms with van der Waals surface area (Å²) in [5.41, 5.74) is 1.08. The van der Waals surface area contributed by atoms with Gasteiger partial charge < -0.3 is 0 Å². The average molecular weight is 433 g/mol. The van der Waals surface area contributed by atoms with Gasteiger partial charge in [-0.1, -0.05) is 40.2 Å². The van der Waals surface area contributed by atoms with Crippen molar-refractivity contribution in [3.8, 4) is 0 Å². The molecule has 1 unspecified atom stereocenters. The number of hydrogen-bond acceptors (Lipinski definition) is 2. The van der Waals surface area contributed by atoms with Crippen molar-refractivity contribution in [3.05, 3.63) is 63.0 Å². The van der Waals surface area contributed by atoms with E-state index in [-0.39, 0.29) is 10.9 Å². The number of rotatable bonds is 5. The molecule has 0 aromatic heterocycles. The van der Waals surface area contributed by atoms with Crippen molar-refractivity contribution in [2.45, 2.75) is 24.3 Å². The molecule has 0 aliphatic heterocycles. The molecular weight excluding hydrogens is 418 g/mol. The van der Waals surface area contributed by atoms with Crippen LogP contribution in [0.15, 0.2) is 62.4 Å². The Morgan fingerprint density at radius 2 is 1.67 bits per heavy atom. The number of sulfonamides is 1. The Kier molecular flexibility index (Phi) is 5.60. The highest BCUT2D eigenvalue weighted by Gasteiger charge is 2.19. The van der Waals surface area contributed by atoms with Gasteiger partial charge in [0.1, 0.15) is 0 Å². The lowest BCUT2D eigenvalue weighted by Crippen LogP contribution is -2.34. The first-order valence-electron chi connectivity index (χ1n) is 6.40. The molecule has 0 bridgehead atoms. The van der Waals surface area contributed by atoms with Gasteiger partial charge in [-0.25, -0.2) is 13.1 Å². The highest BCUT2D eigenvalue weighted by atomic mass is 79.9.